The Morgan fingerprint density at radius 1 is 1.14 bits per heavy atom. The number of amides is 1. The zero-order valence-corrected chi connectivity index (χ0v) is 17.1. The maximum absolute atomic E-state index is 12.6. The van der Waals surface area contributed by atoms with Gasteiger partial charge in [0.1, 0.15) is 11.6 Å². The predicted octanol–water partition coefficient (Wildman–Crippen LogP) is 4.15. The van der Waals surface area contributed by atoms with Crippen LogP contribution in [-0.4, -0.2) is 32.5 Å². The second kappa shape index (κ2) is 9.41. The first-order chi connectivity index (χ1) is 13.6. The van der Waals surface area contributed by atoms with Gasteiger partial charge < -0.3 is 14.6 Å². The summed E-state index contributed by atoms with van der Waals surface area (Å²) in [5, 5.41) is 11.8. The molecule has 2 aromatic carbocycles. The fourth-order valence-corrected chi connectivity index (χ4v) is 3.55. The quantitative estimate of drug-likeness (QED) is 0.579. The van der Waals surface area contributed by atoms with Gasteiger partial charge in [-0.25, -0.2) is 0 Å². The average molecular weight is 397 g/mol. The summed E-state index contributed by atoms with van der Waals surface area (Å²) in [7, 11) is 0. The highest BCUT2D eigenvalue weighted by Gasteiger charge is 2.19. The molecule has 0 fully saturated rings. The second-order valence-electron chi connectivity index (χ2n) is 6.31. The molecule has 7 heteroatoms. The highest BCUT2D eigenvalue weighted by atomic mass is 32.2. The van der Waals surface area contributed by atoms with E-state index in [1.54, 1.807) is 0 Å². The van der Waals surface area contributed by atoms with E-state index in [0.29, 0.717) is 13.2 Å². The van der Waals surface area contributed by atoms with Crippen LogP contribution in [0.1, 0.15) is 25.2 Å². The van der Waals surface area contributed by atoms with Gasteiger partial charge in [-0.05, 0) is 50.6 Å². The molecule has 1 amide bonds. The Labute approximate surface area is 169 Å². The molecule has 146 valence electrons. The number of ether oxygens (including phenoxy) is 1. The van der Waals surface area contributed by atoms with E-state index in [1.165, 1.54) is 17.3 Å². The molecule has 1 N–H and O–H groups in total. The lowest BCUT2D eigenvalue weighted by molar-refractivity contribution is -0.115. The maximum atomic E-state index is 12.6. The van der Waals surface area contributed by atoms with E-state index < -0.39 is 0 Å². The van der Waals surface area contributed by atoms with Gasteiger partial charge in [0.2, 0.25) is 5.91 Å². The summed E-state index contributed by atoms with van der Waals surface area (Å²) in [5.41, 5.74) is 1.90. The van der Waals surface area contributed by atoms with Crippen LogP contribution in [0, 0.1) is 6.92 Å². The molecule has 3 rings (SSSR count). The summed E-state index contributed by atoms with van der Waals surface area (Å²) < 4.78 is 7.45. The number of anilines is 1. The number of nitrogens with one attached hydrogen (secondary N) is 1. The third kappa shape index (κ3) is 5.13. The van der Waals surface area contributed by atoms with E-state index in [9.17, 15) is 4.79 Å². The van der Waals surface area contributed by atoms with Gasteiger partial charge in [-0.2, -0.15) is 0 Å². The Morgan fingerprint density at radius 3 is 2.54 bits per heavy atom. The minimum atomic E-state index is -0.315. The van der Waals surface area contributed by atoms with Gasteiger partial charge in [0.25, 0.3) is 0 Å². The molecule has 0 radical (unpaired) electrons. The molecule has 0 bridgehead atoms. The molecule has 0 saturated heterocycles. The van der Waals surface area contributed by atoms with Crippen molar-refractivity contribution in [3.8, 4) is 5.75 Å². The lowest BCUT2D eigenvalue weighted by atomic mass is 10.2. The standard InChI is InChI=1S/C21H24N4O2S/c1-4-27-19-12-10-18(11-13-19)22-20(26)15(2)28-21-24-23-16(3)25(21)14-17-8-6-5-7-9-17/h5-13,15H,4,14H2,1-3H3,(H,22,26)/t15-/m1/s1. The summed E-state index contributed by atoms with van der Waals surface area (Å²) in [6.07, 6.45) is 0. The summed E-state index contributed by atoms with van der Waals surface area (Å²) in [6.45, 7) is 7.01. The van der Waals surface area contributed by atoms with Crippen molar-refractivity contribution < 1.29 is 9.53 Å². The van der Waals surface area contributed by atoms with Crippen molar-refractivity contribution >= 4 is 23.4 Å². The topological polar surface area (TPSA) is 69.0 Å². The Kier molecular flexibility index (Phi) is 6.71. The summed E-state index contributed by atoms with van der Waals surface area (Å²) in [5.74, 6) is 1.53. The van der Waals surface area contributed by atoms with E-state index in [2.05, 4.69) is 27.6 Å². The smallest absolute Gasteiger partial charge is 0.237 e. The normalized spacial score (nSPS) is 11.8. The van der Waals surface area contributed by atoms with Crippen molar-refractivity contribution in [1.82, 2.24) is 14.8 Å². The average Bonchev–Trinajstić information content (AvgIpc) is 3.04. The van der Waals surface area contributed by atoms with Crippen LogP contribution in [0.3, 0.4) is 0 Å². The molecule has 1 aromatic heterocycles. The van der Waals surface area contributed by atoms with Crippen LogP contribution in [0.15, 0.2) is 59.8 Å². The van der Waals surface area contributed by atoms with Crippen LogP contribution in [0.2, 0.25) is 0 Å². The van der Waals surface area contributed by atoms with Crippen LogP contribution < -0.4 is 10.1 Å². The number of benzene rings is 2. The molecule has 6 nitrogen and oxygen atoms in total. The number of nitrogens with zero attached hydrogens (tertiary/aromatic N) is 3. The number of aryl methyl sites for hydroxylation is 1. The molecule has 0 aliphatic heterocycles. The first kappa shape index (κ1) is 19.9. The summed E-state index contributed by atoms with van der Waals surface area (Å²) >= 11 is 1.40. The van der Waals surface area contributed by atoms with E-state index >= 15 is 0 Å². The molecule has 0 aliphatic carbocycles. The van der Waals surface area contributed by atoms with Crippen molar-refractivity contribution in [3.63, 3.8) is 0 Å². The molecule has 0 aliphatic rings. The molecular weight excluding hydrogens is 372 g/mol. The highest BCUT2D eigenvalue weighted by molar-refractivity contribution is 8.00. The Hall–Kier alpha value is -2.80. The monoisotopic (exact) mass is 396 g/mol. The number of hydrogen-bond donors (Lipinski definition) is 1. The minimum absolute atomic E-state index is 0.0823. The van der Waals surface area contributed by atoms with Crippen molar-refractivity contribution in [3.05, 3.63) is 66.0 Å². The van der Waals surface area contributed by atoms with E-state index in [1.807, 2.05) is 67.8 Å². The van der Waals surface area contributed by atoms with Gasteiger partial charge in [-0.15, -0.1) is 10.2 Å². The fraction of sp³-hybridized carbons (Fsp3) is 0.286. The molecule has 1 atom stereocenters. The summed E-state index contributed by atoms with van der Waals surface area (Å²) in [4.78, 5) is 12.6. The van der Waals surface area contributed by atoms with Gasteiger partial charge >= 0.3 is 0 Å². The van der Waals surface area contributed by atoms with E-state index in [-0.39, 0.29) is 11.2 Å². The van der Waals surface area contributed by atoms with Crippen LogP contribution in [-0.2, 0) is 11.3 Å². The van der Waals surface area contributed by atoms with Gasteiger partial charge in [0.15, 0.2) is 5.16 Å². The Bertz CT molecular complexity index is 910. The zero-order valence-electron chi connectivity index (χ0n) is 16.3. The van der Waals surface area contributed by atoms with Gasteiger partial charge in [0, 0.05) is 5.69 Å². The first-order valence-corrected chi connectivity index (χ1v) is 10.1. The number of carbonyl (C=O) groups excluding carboxylic acids is 1. The first-order valence-electron chi connectivity index (χ1n) is 9.21. The van der Waals surface area contributed by atoms with Crippen LogP contribution in [0.5, 0.6) is 5.75 Å². The molecule has 0 saturated carbocycles. The molecule has 0 unspecified atom stereocenters. The largest absolute Gasteiger partial charge is 0.494 e. The van der Waals surface area contributed by atoms with Crippen molar-refractivity contribution in [2.45, 2.75) is 37.7 Å². The number of rotatable bonds is 8. The molecule has 3 aromatic rings. The molecular formula is C21H24N4O2S. The SMILES string of the molecule is CCOc1ccc(NC(=O)[C@@H](C)Sc2nnc(C)n2Cc2ccccc2)cc1. The van der Waals surface area contributed by atoms with Crippen LogP contribution in [0.4, 0.5) is 5.69 Å². The number of hydrogen-bond acceptors (Lipinski definition) is 5. The second-order valence-corrected chi connectivity index (χ2v) is 7.62. The predicted molar refractivity (Wildman–Crippen MR) is 112 cm³/mol. The number of thioether (sulfide) groups is 1. The highest BCUT2D eigenvalue weighted by Crippen LogP contribution is 2.24. The molecule has 28 heavy (non-hydrogen) atoms. The lowest BCUT2D eigenvalue weighted by Crippen LogP contribution is -2.23. The maximum Gasteiger partial charge on any atom is 0.237 e. The van der Waals surface area contributed by atoms with E-state index in [4.69, 9.17) is 4.74 Å². The zero-order chi connectivity index (χ0) is 19.9. The third-order valence-corrected chi connectivity index (χ3v) is 5.25. The van der Waals surface area contributed by atoms with Gasteiger partial charge in [-0.3, -0.25) is 4.79 Å². The van der Waals surface area contributed by atoms with Crippen LogP contribution >= 0.6 is 11.8 Å². The van der Waals surface area contributed by atoms with Crippen LogP contribution in [0.25, 0.3) is 0 Å². The number of aromatic nitrogens is 3. The van der Waals surface area contributed by atoms with Crippen molar-refractivity contribution in [1.29, 1.82) is 0 Å². The minimum Gasteiger partial charge on any atom is -0.494 e. The van der Waals surface area contributed by atoms with Gasteiger partial charge in [0.05, 0.1) is 18.4 Å². The summed E-state index contributed by atoms with van der Waals surface area (Å²) in [6, 6.07) is 17.5. The Balaban J connectivity index is 1.64. The third-order valence-electron chi connectivity index (χ3n) is 4.17. The number of carbonyl (C=O) groups is 1. The molecule has 0 spiro atoms. The van der Waals surface area contributed by atoms with E-state index in [0.717, 1.165) is 22.4 Å². The van der Waals surface area contributed by atoms with Gasteiger partial charge in [-0.1, -0.05) is 42.1 Å². The lowest BCUT2D eigenvalue weighted by Gasteiger charge is -2.13. The van der Waals surface area contributed by atoms with Crippen molar-refractivity contribution in [2.75, 3.05) is 11.9 Å². The van der Waals surface area contributed by atoms with Crippen molar-refractivity contribution in [2.24, 2.45) is 0 Å². The molecule has 1 heterocycles. The fourth-order valence-electron chi connectivity index (χ4n) is 2.65. The Morgan fingerprint density at radius 2 is 1.86 bits per heavy atom.